The zero-order valence-corrected chi connectivity index (χ0v) is 28.3. The molecule has 2 aliphatic rings. The fraction of sp³-hybridized carbons (Fsp3) is 0.484. The Hall–Kier alpha value is -3.91. The number of nitrogens with one attached hydrogen (secondary N) is 2. The molecule has 1 atom stereocenters. The lowest BCUT2D eigenvalue weighted by molar-refractivity contribution is -0.142. The van der Waals surface area contributed by atoms with E-state index < -0.39 is 36.0 Å². The number of methoxy groups -OCH3 is 1. The third kappa shape index (κ3) is 7.49. The average molecular weight is 655 g/mol. The van der Waals surface area contributed by atoms with Gasteiger partial charge in [-0.05, 0) is 48.2 Å². The second-order valence-electron chi connectivity index (χ2n) is 13.1. The van der Waals surface area contributed by atoms with Crippen molar-refractivity contribution in [2.75, 3.05) is 31.3 Å². The number of rotatable bonds is 9. The minimum atomic E-state index is -3.65. The minimum absolute atomic E-state index is 0.0219. The number of benzene rings is 2. The van der Waals surface area contributed by atoms with Crippen molar-refractivity contribution in [2.24, 2.45) is 7.05 Å². The SMILES string of the molecule is COC(=O)[C@@H](Cc1cc(S(=O)(=O)CC[Si](C)(C)C)c2nn(C)cc2c1)NC(=O)N1CCC(N2Cc3ccccc3NC2=O)CC1. The van der Waals surface area contributed by atoms with E-state index in [1.165, 1.54) is 7.11 Å². The molecular weight excluding hydrogens is 613 g/mol. The fourth-order valence-corrected chi connectivity index (χ4v) is 10.4. The summed E-state index contributed by atoms with van der Waals surface area (Å²) in [5.41, 5.74) is 2.84. The van der Waals surface area contributed by atoms with Gasteiger partial charge in [-0.15, -0.1) is 0 Å². The molecule has 1 aromatic heterocycles. The van der Waals surface area contributed by atoms with Crippen LogP contribution in [0.2, 0.25) is 25.7 Å². The second kappa shape index (κ2) is 12.8. The summed E-state index contributed by atoms with van der Waals surface area (Å²) >= 11 is 0. The first kappa shape index (κ1) is 32.5. The lowest BCUT2D eigenvalue weighted by Crippen LogP contribution is -2.54. The minimum Gasteiger partial charge on any atom is -0.467 e. The summed E-state index contributed by atoms with van der Waals surface area (Å²) in [6.45, 7) is 7.73. The number of esters is 1. The van der Waals surface area contributed by atoms with E-state index in [1.807, 2.05) is 29.2 Å². The number of nitrogens with zero attached hydrogens (tertiary/aromatic N) is 4. The first-order valence-electron chi connectivity index (χ1n) is 15.2. The average Bonchev–Trinajstić information content (AvgIpc) is 3.38. The van der Waals surface area contributed by atoms with Gasteiger partial charge >= 0.3 is 18.0 Å². The third-order valence-corrected chi connectivity index (χ3v) is 12.3. The molecule has 12 nitrogen and oxygen atoms in total. The molecule has 3 aromatic rings. The summed E-state index contributed by atoms with van der Waals surface area (Å²) in [7, 11) is -2.29. The summed E-state index contributed by atoms with van der Waals surface area (Å²) in [6, 6.07) is 10.1. The molecule has 0 aliphatic carbocycles. The van der Waals surface area contributed by atoms with Crippen LogP contribution in [0.25, 0.3) is 10.9 Å². The molecular formula is C31H42N6O6SSi. The summed E-state index contributed by atoms with van der Waals surface area (Å²) < 4.78 is 33.6. The van der Waals surface area contributed by atoms with Gasteiger partial charge in [-0.3, -0.25) is 4.68 Å². The predicted molar refractivity (Wildman–Crippen MR) is 175 cm³/mol. The van der Waals surface area contributed by atoms with Crippen LogP contribution in [-0.4, -0.2) is 92.1 Å². The first-order chi connectivity index (χ1) is 21.2. The Bertz CT molecular complexity index is 1710. The van der Waals surface area contributed by atoms with Gasteiger partial charge in [-0.1, -0.05) is 37.8 Å². The lowest BCUT2D eigenvalue weighted by atomic mass is 10.0. The number of piperidine rings is 1. The van der Waals surface area contributed by atoms with Crippen LogP contribution in [0.4, 0.5) is 15.3 Å². The Morgan fingerprint density at radius 3 is 2.56 bits per heavy atom. The van der Waals surface area contributed by atoms with Gasteiger partial charge in [-0.25, -0.2) is 22.8 Å². The van der Waals surface area contributed by atoms with Gasteiger partial charge in [-0.2, -0.15) is 5.10 Å². The maximum Gasteiger partial charge on any atom is 0.328 e. The molecule has 45 heavy (non-hydrogen) atoms. The number of ether oxygens (including phenoxy) is 1. The summed E-state index contributed by atoms with van der Waals surface area (Å²) in [4.78, 5) is 42.6. The number of urea groups is 2. The number of fused-ring (bicyclic) bond motifs is 2. The molecule has 4 amide bonds. The van der Waals surface area contributed by atoms with E-state index in [2.05, 4.69) is 35.4 Å². The van der Waals surface area contributed by atoms with E-state index in [9.17, 15) is 22.8 Å². The standard InChI is InChI=1S/C31H42N6O6SSi/c1-35-19-23-16-21(18-27(28(23)34-35)44(41,42)14-15-45(3,4)5)17-26(29(38)43-2)33-30(39)36-12-10-24(11-13-36)37-20-22-8-6-7-9-25(22)32-31(37)40/h6-9,16,18-19,24,26H,10-15,17,20H2,1-5H3,(H,32,40)(H,33,39)/t26-/m1/s1. The molecule has 3 heterocycles. The monoisotopic (exact) mass is 654 g/mol. The van der Waals surface area contributed by atoms with Crippen LogP contribution in [-0.2, 0) is 39.4 Å². The molecule has 2 aliphatic heterocycles. The number of amides is 4. The molecule has 1 saturated heterocycles. The van der Waals surface area contributed by atoms with Crippen molar-refractivity contribution in [1.82, 2.24) is 24.9 Å². The molecule has 242 valence electrons. The Kier molecular flexibility index (Phi) is 9.26. The van der Waals surface area contributed by atoms with Crippen LogP contribution >= 0.6 is 0 Å². The van der Waals surface area contributed by atoms with Gasteiger partial charge in [0.05, 0.1) is 17.8 Å². The van der Waals surface area contributed by atoms with E-state index in [4.69, 9.17) is 4.74 Å². The summed E-state index contributed by atoms with van der Waals surface area (Å²) in [5, 5.41) is 10.8. The largest absolute Gasteiger partial charge is 0.467 e. The van der Waals surface area contributed by atoms with Gasteiger partial charge < -0.3 is 25.2 Å². The number of carbonyl (C=O) groups is 3. The maximum atomic E-state index is 13.5. The smallest absolute Gasteiger partial charge is 0.328 e. The van der Waals surface area contributed by atoms with Crippen LogP contribution in [0, 0.1) is 0 Å². The zero-order valence-electron chi connectivity index (χ0n) is 26.5. The van der Waals surface area contributed by atoms with Gasteiger partial charge in [0.25, 0.3) is 0 Å². The highest BCUT2D eigenvalue weighted by Crippen LogP contribution is 2.29. The molecule has 2 N–H and O–H groups in total. The van der Waals surface area contributed by atoms with Gasteiger partial charge in [0.2, 0.25) is 0 Å². The van der Waals surface area contributed by atoms with Gasteiger partial charge in [0.1, 0.15) is 11.6 Å². The molecule has 5 rings (SSSR count). The van der Waals surface area contributed by atoms with Crippen LogP contribution in [0.5, 0.6) is 0 Å². The Labute approximate surface area is 265 Å². The highest BCUT2D eigenvalue weighted by molar-refractivity contribution is 7.91. The molecule has 0 spiro atoms. The Morgan fingerprint density at radius 2 is 1.87 bits per heavy atom. The molecule has 1 fully saturated rings. The molecule has 14 heteroatoms. The maximum absolute atomic E-state index is 13.5. The first-order valence-corrected chi connectivity index (χ1v) is 20.6. The predicted octanol–water partition coefficient (Wildman–Crippen LogP) is 3.99. The number of aromatic nitrogens is 2. The van der Waals surface area contributed by atoms with Crippen molar-refractivity contribution < 1.29 is 27.5 Å². The van der Waals surface area contributed by atoms with Crippen molar-refractivity contribution in [3.05, 3.63) is 53.7 Å². The van der Waals surface area contributed by atoms with Gasteiger partial charge in [0.15, 0.2) is 9.84 Å². The van der Waals surface area contributed by atoms with Gasteiger partial charge in [0, 0.05) is 64.5 Å². The lowest BCUT2D eigenvalue weighted by Gasteiger charge is -2.40. The summed E-state index contributed by atoms with van der Waals surface area (Å²) in [5.74, 6) is -0.604. The number of carbonyl (C=O) groups excluding carboxylic acids is 3. The van der Waals surface area contributed by atoms with Crippen LogP contribution < -0.4 is 10.6 Å². The molecule has 0 saturated carbocycles. The Balaban J connectivity index is 1.28. The molecule has 0 radical (unpaired) electrons. The molecule has 0 unspecified atom stereocenters. The molecule has 2 aromatic carbocycles. The van der Waals surface area contributed by atoms with E-state index >= 15 is 0 Å². The highest BCUT2D eigenvalue weighted by atomic mass is 32.2. The van der Waals surface area contributed by atoms with E-state index in [0.717, 1.165) is 11.3 Å². The van der Waals surface area contributed by atoms with E-state index in [-0.39, 0.29) is 29.1 Å². The number of anilines is 1. The topological polar surface area (TPSA) is 143 Å². The van der Waals surface area contributed by atoms with Crippen molar-refractivity contribution >= 4 is 52.5 Å². The number of hydrogen-bond acceptors (Lipinski definition) is 7. The number of sulfone groups is 1. The normalized spacial score (nSPS) is 16.7. The van der Waals surface area contributed by atoms with Crippen LogP contribution in [0.1, 0.15) is 24.0 Å². The van der Waals surface area contributed by atoms with Crippen molar-refractivity contribution in [3.8, 4) is 0 Å². The fourth-order valence-electron chi connectivity index (χ4n) is 5.90. The Morgan fingerprint density at radius 1 is 1.16 bits per heavy atom. The van der Waals surface area contributed by atoms with E-state index in [1.54, 1.807) is 35.0 Å². The van der Waals surface area contributed by atoms with Crippen molar-refractivity contribution in [3.63, 3.8) is 0 Å². The summed E-state index contributed by atoms with van der Waals surface area (Å²) in [6.07, 6.45) is 2.99. The number of aryl methyl sites for hydroxylation is 1. The molecule has 0 bridgehead atoms. The van der Waals surface area contributed by atoms with Crippen molar-refractivity contribution in [1.29, 1.82) is 0 Å². The van der Waals surface area contributed by atoms with Crippen LogP contribution in [0.3, 0.4) is 0 Å². The quantitative estimate of drug-likeness (QED) is 0.262. The third-order valence-electron chi connectivity index (χ3n) is 8.48. The number of likely N-dealkylation sites (tertiary alicyclic amines) is 1. The van der Waals surface area contributed by atoms with Crippen LogP contribution in [0.15, 0.2) is 47.5 Å². The van der Waals surface area contributed by atoms with Crippen molar-refractivity contribution in [2.45, 2.75) is 68.5 Å². The highest BCUT2D eigenvalue weighted by Gasteiger charge is 2.34. The zero-order chi connectivity index (χ0) is 32.5. The second-order valence-corrected chi connectivity index (χ2v) is 20.8. The number of hydrogen-bond donors (Lipinski definition) is 2. The van der Waals surface area contributed by atoms with E-state index in [0.29, 0.717) is 55.0 Å². The number of para-hydroxylation sites is 1.